The topological polar surface area (TPSA) is 86.2 Å². The lowest BCUT2D eigenvalue weighted by molar-refractivity contribution is -0.112. The second-order valence-electron chi connectivity index (χ2n) is 7.73. The van der Waals surface area contributed by atoms with Crippen LogP contribution in [0.25, 0.3) is 0 Å². The zero-order valence-corrected chi connectivity index (χ0v) is 19.5. The minimum atomic E-state index is -0.682. The van der Waals surface area contributed by atoms with Gasteiger partial charge >= 0.3 is 0 Å². The maximum Gasteiger partial charge on any atom is 0.198 e. The van der Waals surface area contributed by atoms with Gasteiger partial charge in [-0.25, -0.2) is 0 Å². The molecular weight excluding hydrogens is 437 g/mol. The number of halogens is 2. The molecule has 31 heavy (non-hydrogen) atoms. The fourth-order valence-electron chi connectivity index (χ4n) is 2.59. The van der Waals surface area contributed by atoms with Gasteiger partial charge in [0.25, 0.3) is 0 Å². The van der Waals surface area contributed by atoms with Crippen LogP contribution < -0.4 is 10.9 Å². The van der Waals surface area contributed by atoms with Crippen LogP contribution in [0.1, 0.15) is 34.6 Å². The van der Waals surface area contributed by atoms with E-state index in [0.717, 1.165) is 0 Å². The molecule has 0 bridgehead atoms. The van der Waals surface area contributed by atoms with Crippen molar-refractivity contribution in [3.8, 4) is 0 Å². The van der Waals surface area contributed by atoms with Crippen molar-refractivity contribution < 1.29 is 9.59 Å². The summed E-state index contributed by atoms with van der Waals surface area (Å²) in [5.41, 5.74) is 6.28. The number of Topliss-reactive ketones (excluding diaryl/α,β-unsaturated/α-hetero) is 2. The van der Waals surface area contributed by atoms with Crippen LogP contribution >= 0.6 is 23.2 Å². The molecular formula is C22H25Cl2N5O2. The number of hydrazone groups is 2. The maximum absolute atomic E-state index is 12.5. The lowest BCUT2D eigenvalue weighted by Gasteiger charge is -2.36. The molecule has 0 aliphatic carbocycles. The van der Waals surface area contributed by atoms with E-state index in [9.17, 15) is 9.59 Å². The van der Waals surface area contributed by atoms with E-state index in [-0.39, 0.29) is 23.2 Å². The monoisotopic (exact) mass is 461 g/mol. The summed E-state index contributed by atoms with van der Waals surface area (Å²) in [5, 5.41) is 9.72. The first-order chi connectivity index (χ1) is 14.5. The summed E-state index contributed by atoms with van der Waals surface area (Å²) >= 11 is 11.8. The first-order valence-corrected chi connectivity index (χ1v) is 10.3. The molecule has 2 aromatic rings. The number of carbonyl (C=O) groups excluding carboxylic acids is 2. The summed E-state index contributed by atoms with van der Waals surface area (Å²) in [4.78, 5) is 26.5. The Kier molecular flexibility index (Phi) is 8.19. The number of ketones is 2. The van der Waals surface area contributed by atoms with Crippen LogP contribution in [-0.2, 0) is 9.59 Å². The van der Waals surface area contributed by atoms with E-state index < -0.39 is 5.54 Å². The number of hydrogen-bond donors (Lipinski definition) is 2. The molecule has 0 fully saturated rings. The second kappa shape index (κ2) is 10.4. The van der Waals surface area contributed by atoms with Crippen LogP contribution in [0.5, 0.6) is 0 Å². The average molecular weight is 462 g/mol. The van der Waals surface area contributed by atoms with Crippen molar-refractivity contribution in [3.63, 3.8) is 0 Å². The Balaban J connectivity index is 2.46. The zero-order chi connectivity index (χ0) is 23.2. The Bertz CT molecular complexity index is 919. The fourth-order valence-corrected chi connectivity index (χ4v) is 2.84. The smallest absolute Gasteiger partial charge is 0.198 e. The van der Waals surface area contributed by atoms with Gasteiger partial charge in [0.15, 0.2) is 23.2 Å². The van der Waals surface area contributed by atoms with E-state index in [0.29, 0.717) is 21.4 Å². The SMILES string of the molecule is CC(=O)/C(=N\Nc1ccc(Cl)cc1)N(/C(=N/Nc1ccc(Cl)cc1)C(C)=O)C(C)(C)C. The van der Waals surface area contributed by atoms with Gasteiger partial charge in [-0.2, -0.15) is 10.2 Å². The van der Waals surface area contributed by atoms with Gasteiger partial charge in [0, 0.05) is 29.4 Å². The molecule has 0 aliphatic heterocycles. The first kappa shape index (κ1) is 24.4. The number of nitrogens with zero attached hydrogens (tertiary/aromatic N) is 3. The highest BCUT2D eigenvalue weighted by molar-refractivity contribution is 6.49. The Morgan fingerprint density at radius 3 is 1.32 bits per heavy atom. The number of hydrogen-bond acceptors (Lipinski definition) is 6. The van der Waals surface area contributed by atoms with Gasteiger partial charge in [0.05, 0.1) is 11.4 Å². The van der Waals surface area contributed by atoms with Crippen LogP contribution in [0.3, 0.4) is 0 Å². The molecule has 0 atom stereocenters. The normalized spacial score (nSPS) is 12.4. The minimum Gasteiger partial charge on any atom is -0.297 e. The van der Waals surface area contributed by atoms with Crippen molar-refractivity contribution in [3.05, 3.63) is 58.6 Å². The molecule has 7 nitrogen and oxygen atoms in total. The third-order valence-corrected chi connectivity index (χ3v) is 4.50. The molecule has 0 unspecified atom stereocenters. The summed E-state index contributed by atoms with van der Waals surface area (Å²) in [6.07, 6.45) is 0. The molecule has 164 valence electrons. The van der Waals surface area contributed by atoms with Crippen molar-refractivity contribution >= 4 is 57.8 Å². The van der Waals surface area contributed by atoms with Gasteiger partial charge in [-0.1, -0.05) is 23.2 Å². The quantitative estimate of drug-likeness (QED) is 0.340. The highest BCUT2D eigenvalue weighted by Crippen LogP contribution is 2.19. The lowest BCUT2D eigenvalue weighted by Crippen LogP contribution is -2.54. The summed E-state index contributed by atoms with van der Waals surface area (Å²) in [6, 6.07) is 13.7. The van der Waals surface area contributed by atoms with Gasteiger partial charge < -0.3 is 0 Å². The van der Waals surface area contributed by atoms with E-state index in [1.165, 1.54) is 18.7 Å². The van der Waals surface area contributed by atoms with E-state index in [1.54, 1.807) is 48.5 Å². The molecule has 0 saturated heterocycles. The Hall–Kier alpha value is -2.90. The molecule has 0 spiro atoms. The van der Waals surface area contributed by atoms with Crippen LogP contribution in [-0.4, -0.2) is 33.7 Å². The predicted molar refractivity (Wildman–Crippen MR) is 128 cm³/mol. The average Bonchev–Trinajstić information content (AvgIpc) is 2.68. The van der Waals surface area contributed by atoms with Crippen LogP contribution in [0.15, 0.2) is 58.7 Å². The number of nitrogens with one attached hydrogen (secondary N) is 2. The van der Waals surface area contributed by atoms with Crippen molar-refractivity contribution in [2.75, 3.05) is 10.9 Å². The Morgan fingerprint density at radius 1 is 0.742 bits per heavy atom. The Labute approximate surface area is 192 Å². The number of anilines is 2. The molecule has 2 aromatic carbocycles. The van der Waals surface area contributed by atoms with Gasteiger partial charge in [-0.05, 0) is 69.3 Å². The highest BCUT2D eigenvalue weighted by atomic mass is 35.5. The summed E-state index contributed by atoms with van der Waals surface area (Å²) < 4.78 is 0. The predicted octanol–water partition coefficient (Wildman–Crippen LogP) is 5.42. The summed E-state index contributed by atoms with van der Waals surface area (Å²) in [5.74, 6) is -0.600. The maximum atomic E-state index is 12.5. The lowest BCUT2D eigenvalue weighted by atomic mass is 10.0. The van der Waals surface area contributed by atoms with Gasteiger partial charge in [0.1, 0.15) is 0 Å². The zero-order valence-electron chi connectivity index (χ0n) is 18.0. The summed E-state index contributed by atoms with van der Waals surface area (Å²) in [7, 11) is 0. The molecule has 0 aliphatic rings. The molecule has 0 heterocycles. The molecule has 0 radical (unpaired) electrons. The number of amidine groups is 2. The molecule has 0 aromatic heterocycles. The van der Waals surface area contributed by atoms with Crippen molar-refractivity contribution in [1.82, 2.24) is 4.90 Å². The fraction of sp³-hybridized carbons (Fsp3) is 0.273. The van der Waals surface area contributed by atoms with Crippen molar-refractivity contribution in [1.29, 1.82) is 0 Å². The van der Waals surface area contributed by atoms with Gasteiger partial charge in [-0.3, -0.25) is 25.3 Å². The number of rotatable bonds is 6. The molecule has 0 saturated carbocycles. The van der Waals surface area contributed by atoms with Crippen LogP contribution in [0, 0.1) is 0 Å². The number of carbonyl (C=O) groups is 2. The largest absolute Gasteiger partial charge is 0.297 e. The van der Waals surface area contributed by atoms with Crippen LogP contribution in [0.4, 0.5) is 11.4 Å². The van der Waals surface area contributed by atoms with Crippen LogP contribution in [0.2, 0.25) is 10.0 Å². The second-order valence-corrected chi connectivity index (χ2v) is 8.60. The Morgan fingerprint density at radius 2 is 1.06 bits per heavy atom. The summed E-state index contributed by atoms with van der Waals surface area (Å²) in [6.45, 7) is 8.33. The molecule has 9 heteroatoms. The first-order valence-electron chi connectivity index (χ1n) is 9.49. The van der Waals surface area contributed by atoms with Crippen molar-refractivity contribution in [2.45, 2.75) is 40.2 Å². The molecule has 0 amide bonds. The minimum absolute atomic E-state index is 0.0364. The third kappa shape index (κ3) is 7.08. The highest BCUT2D eigenvalue weighted by Gasteiger charge is 2.34. The van der Waals surface area contributed by atoms with Gasteiger partial charge in [-0.15, -0.1) is 0 Å². The molecule has 2 rings (SSSR count). The number of benzene rings is 2. The van der Waals surface area contributed by atoms with E-state index in [2.05, 4.69) is 21.1 Å². The van der Waals surface area contributed by atoms with Gasteiger partial charge in [0.2, 0.25) is 0 Å². The third-order valence-electron chi connectivity index (χ3n) is 3.99. The van der Waals surface area contributed by atoms with E-state index >= 15 is 0 Å². The van der Waals surface area contributed by atoms with Crippen molar-refractivity contribution in [2.24, 2.45) is 10.2 Å². The molecule has 2 N–H and O–H groups in total. The standard InChI is InChI=1S/C22H25Cl2N5O2/c1-14(30)20(27-25-18-10-6-16(23)7-11-18)29(22(3,4)5)21(15(2)31)28-26-19-12-8-17(24)9-13-19/h6-13,25-26H,1-5H3/b27-20+,28-21+. The van der Waals surface area contributed by atoms with E-state index in [4.69, 9.17) is 23.2 Å². The van der Waals surface area contributed by atoms with E-state index in [1.807, 2.05) is 20.8 Å².